The Morgan fingerprint density at radius 3 is 2.70 bits per heavy atom. The lowest BCUT2D eigenvalue weighted by molar-refractivity contribution is 1.09. The summed E-state index contributed by atoms with van der Waals surface area (Å²) in [7, 11) is 0. The first-order chi connectivity index (χ1) is 4.95. The van der Waals surface area contributed by atoms with Gasteiger partial charge in [-0.15, -0.1) is 0 Å². The fraction of sp³-hybridized carbons (Fsp3) is 0.429. The molecule has 1 N–H and O–H groups in total. The lowest BCUT2D eigenvalue weighted by atomic mass is 10.5. The quantitative estimate of drug-likeness (QED) is 0.651. The van der Waals surface area contributed by atoms with E-state index in [-0.39, 0.29) is 0 Å². The summed E-state index contributed by atoms with van der Waals surface area (Å²) in [5.41, 5.74) is 1.00. The normalized spacial score (nSPS) is 16.8. The third-order valence-corrected chi connectivity index (χ3v) is 1.47. The first-order valence-electron chi connectivity index (χ1n) is 3.40. The van der Waals surface area contributed by atoms with Gasteiger partial charge in [-0.25, -0.2) is 9.97 Å². The van der Waals surface area contributed by atoms with Crippen molar-refractivity contribution in [2.75, 3.05) is 5.32 Å². The number of rotatable bonds is 2. The lowest BCUT2D eigenvalue weighted by Gasteiger charge is -1.99. The molecule has 1 radical (unpaired) electrons. The van der Waals surface area contributed by atoms with E-state index in [1.54, 1.807) is 12.4 Å². The molecule has 2 rings (SSSR count). The standard InChI is InChI=1S/C7H8N3/c1-2-6(1)10-7-3-8-5-9-4-7/h3-4,6,10H,1-2H2. The summed E-state index contributed by atoms with van der Waals surface area (Å²) in [6.45, 7) is 0. The van der Waals surface area contributed by atoms with Crippen LogP contribution in [0, 0.1) is 6.33 Å². The fourth-order valence-corrected chi connectivity index (χ4v) is 0.801. The molecule has 1 aliphatic carbocycles. The van der Waals surface area contributed by atoms with Gasteiger partial charge in [0, 0.05) is 6.04 Å². The monoisotopic (exact) mass is 134 g/mol. The van der Waals surface area contributed by atoms with Crippen molar-refractivity contribution in [1.29, 1.82) is 0 Å². The maximum atomic E-state index is 3.77. The summed E-state index contributed by atoms with van der Waals surface area (Å²) >= 11 is 0. The van der Waals surface area contributed by atoms with E-state index in [2.05, 4.69) is 21.6 Å². The van der Waals surface area contributed by atoms with Gasteiger partial charge in [0.2, 0.25) is 0 Å². The van der Waals surface area contributed by atoms with Gasteiger partial charge in [-0.1, -0.05) is 0 Å². The Balaban J connectivity index is 2.03. The highest BCUT2D eigenvalue weighted by Gasteiger charge is 2.20. The summed E-state index contributed by atoms with van der Waals surface area (Å²) in [4.78, 5) is 7.53. The Hall–Kier alpha value is -1.12. The molecular weight excluding hydrogens is 126 g/mol. The van der Waals surface area contributed by atoms with E-state index in [1.807, 2.05) is 0 Å². The summed E-state index contributed by atoms with van der Waals surface area (Å²) in [6, 6.07) is 0.672. The zero-order valence-electron chi connectivity index (χ0n) is 5.54. The van der Waals surface area contributed by atoms with Crippen molar-refractivity contribution < 1.29 is 0 Å². The zero-order chi connectivity index (χ0) is 6.81. The zero-order valence-corrected chi connectivity index (χ0v) is 5.54. The molecule has 1 heterocycles. The second-order valence-electron chi connectivity index (χ2n) is 2.49. The molecular formula is C7H8N3. The van der Waals surface area contributed by atoms with Crippen molar-refractivity contribution in [2.45, 2.75) is 18.9 Å². The number of nitrogens with zero attached hydrogens (tertiary/aromatic N) is 2. The molecule has 10 heavy (non-hydrogen) atoms. The molecule has 51 valence electrons. The van der Waals surface area contributed by atoms with Crippen LogP contribution in [-0.2, 0) is 0 Å². The van der Waals surface area contributed by atoms with Crippen molar-refractivity contribution in [2.24, 2.45) is 0 Å². The lowest BCUT2D eigenvalue weighted by Crippen LogP contribution is -2.00. The predicted molar refractivity (Wildman–Crippen MR) is 37.5 cm³/mol. The molecule has 0 atom stereocenters. The first-order valence-corrected chi connectivity index (χ1v) is 3.40. The number of nitrogens with one attached hydrogen (secondary N) is 1. The van der Waals surface area contributed by atoms with Gasteiger partial charge in [0.1, 0.15) is 0 Å². The van der Waals surface area contributed by atoms with Crippen LogP contribution in [0.1, 0.15) is 12.8 Å². The van der Waals surface area contributed by atoms with Crippen LogP contribution >= 0.6 is 0 Å². The minimum absolute atomic E-state index is 0.672. The van der Waals surface area contributed by atoms with Crippen molar-refractivity contribution >= 4 is 5.69 Å². The first kappa shape index (κ1) is 5.65. The highest BCUT2D eigenvalue weighted by Crippen LogP contribution is 2.23. The van der Waals surface area contributed by atoms with Crippen molar-refractivity contribution in [3.8, 4) is 0 Å². The third-order valence-electron chi connectivity index (χ3n) is 1.47. The maximum absolute atomic E-state index is 3.77. The van der Waals surface area contributed by atoms with Gasteiger partial charge in [-0.2, -0.15) is 0 Å². The Kier molecular flexibility index (Phi) is 1.27. The van der Waals surface area contributed by atoms with Gasteiger partial charge >= 0.3 is 0 Å². The molecule has 3 heteroatoms. The number of hydrogen-bond acceptors (Lipinski definition) is 3. The molecule has 0 amide bonds. The van der Waals surface area contributed by atoms with Crippen molar-refractivity contribution in [3.63, 3.8) is 0 Å². The van der Waals surface area contributed by atoms with E-state index in [9.17, 15) is 0 Å². The molecule has 1 fully saturated rings. The molecule has 0 spiro atoms. The molecule has 3 nitrogen and oxygen atoms in total. The van der Waals surface area contributed by atoms with Crippen LogP contribution in [0.4, 0.5) is 5.69 Å². The van der Waals surface area contributed by atoms with Gasteiger partial charge < -0.3 is 5.32 Å². The molecule has 0 saturated heterocycles. The van der Waals surface area contributed by atoms with Gasteiger partial charge in [-0.3, -0.25) is 0 Å². The van der Waals surface area contributed by atoms with E-state index in [4.69, 9.17) is 0 Å². The molecule has 1 aromatic heterocycles. The molecule has 0 aliphatic heterocycles. The van der Waals surface area contributed by atoms with Crippen LogP contribution in [-0.4, -0.2) is 16.0 Å². The second kappa shape index (κ2) is 2.25. The largest absolute Gasteiger partial charge is 0.380 e. The summed E-state index contributed by atoms with van der Waals surface area (Å²) in [6.07, 6.45) is 8.52. The topological polar surface area (TPSA) is 37.8 Å². The SMILES string of the molecule is [c]1ncc(NC2CC2)cn1. The van der Waals surface area contributed by atoms with Crippen LogP contribution in [0.15, 0.2) is 12.4 Å². The van der Waals surface area contributed by atoms with Crippen molar-refractivity contribution in [3.05, 3.63) is 18.7 Å². The van der Waals surface area contributed by atoms with E-state index >= 15 is 0 Å². The average Bonchev–Trinajstić information content (AvgIpc) is 2.74. The predicted octanol–water partition coefficient (Wildman–Crippen LogP) is 0.851. The van der Waals surface area contributed by atoms with E-state index in [0.717, 1.165) is 5.69 Å². The van der Waals surface area contributed by atoms with Gasteiger partial charge in [0.15, 0.2) is 6.33 Å². The Morgan fingerprint density at radius 2 is 2.10 bits per heavy atom. The molecule has 1 aromatic rings. The number of hydrogen-bond donors (Lipinski definition) is 1. The van der Waals surface area contributed by atoms with E-state index < -0.39 is 0 Å². The number of anilines is 1. The van der Waals surface area contributed by atoms with Crippen LogP contribution in [0.5, 0.6) is 0 Å². The summed E-state index contributed by atoms with van der Waals surface area (Å²) < 4.78 is 0. The molecule has 0 bridgehead atoms. The van der Waals surface area contributed by atoms with Gasteiger partial charge in [0.25, 0.3) is 0 Å². The van der Waals surface area contributed by atoms with Crippen LogP contribution in [0.25, 0.3) is 0 Å². The smallest absolute Gasteiger partial charge is 0.197 e. The highest BCUT2D eigenvalue weighted by atomic mass is 15.0. The Morgan fingerprint density at radius 1 is 1.40 bits per heavy atom. The molecule has 1 saturated carbocycles. The Labute approximate surface area is 59.5 Å². The highest BCUT2D eigenvalue weighted by molar-refractivity contribution is 5.39. The molecule has 0 aromatic carbocycles. The van der Waals surface area contributed by atoms with E-state index in [1.165, 1.54) is 12.8 Å². The minimum Gasteiger partial charge on any atom is -0.380 e. The second-order valence-corrected chi connectivity index (χ2v) is 2.49. The maximum Gasteiger partial charge on any atom is 0.197 e. The van der Waals surface area contributed by atoms with Crippen LogP contribution in [0.2, 0.25) is 0 Å². The third kappa shape index (κ3) is 1.23. The summed E-state index contributed by atoms with van der Waals surface area (Å²) in [5, 5.41) is 3.27. The van der Waals surface area contributed by atoms with E-state index in [0.29, 0.717) is 6.04 Å². The summed E-state index contributed by atoms with van der Waals surface area (Å²) in [5.74, 6) is 0. The number of aromatic nitrogens is 2. The molecule has 1 aliphatic rings. The van der Waals surface area contributed by atoms with Crippen LogP contribution in [0.3, 0.4) is 0 Å². The average molecular weight is 134 g/mol. The van der Waals surface area contributed by atoms with Crippen molar-refractivity contribution in [1.82, 2.24) is 9.97 Å². The molecule has 0 unspecified atom stereocenters. The van der Waals surface area contributed by atoms with Gasteiger partial charge in [-0.05, 0) is 12.8 Å². The van der Waals surface area contributed by atoms with Gasteiger partial charge in [0.05, 0.1) is 18.1 Å². The van der Waals surface area contributed by atoms with Crippen LogP contribution < -0.4 is 5.32 Å². The minimum atomic E-state index is 0.672. The Bertz CT molecular complexity index is 205. The fourth-order valence-electron chi connectivity index (χ4n) is 0.801.